The minimum atomic E-state index is -2.91. The monoisotopic (exact) mass is 280 g/mol. The molecule has 0 aliphatic heterocycles. The zero-order valence-corrected chi connectivity index (χ0v) is 12.4. The Morgan fingerprint density at radius 1 is 1.32 bits per heavy atom. The van der Waals surface area contributed by atoms with Crippen LogP contribution in [0.3, 0.4) is 0 Å². The Bertz CT molecular complexity index is 661. The molecule has 19 heavy (non-hydrogen) atoms. The molecule has 2 rings (SSSR count). The van der Waals surface area contributed by atoms with E-state index in [2.05, 4.69) is 22.9 Å². The van der Waals surface area contributed by atoms with E-state index in [1.165, 1.54) is 17.2 Å². The second kappa shape index (κ2) is 5.35. The number of fused-ring (bicyclic) bond motifs is 1. The van der Waals surface area contributed by atoms with Gasteiger partial charge in [0.15, 0.2) is 0 Å². The average molecular weight is 280 g/mol. The summed E-state index contributed by atoms with van der Waals surface area (Å²) in [6.45, 7) is 2.64. The standard InChI is InChI=1S/C14H20N2O2S/c1-11(16(2)8-9-19(3,17)18)13-10-15-14-7-5-4-6-12(13)14/h4-7,10-11,15H,8-9H2,1-3H3. The van der Waals surface area contributed by atoms with Crippen LogP contribution in [0.25, 0.3) is 10.9 Å². The van der Waals surface area contributed by atoms with Gasteiger partial charge >= 0.3 is 0 Å². The first-order valence-electron chi connectivity index (χ1n) is 6.32. The summed E-state index contributed by atoms with van der Waals surface area (Å²) in [7, 11) is -0.958. The molecule has 1 heterocycles. The molecule has 1 aromatic heterocycles. The molecule has 0 aliphatic rings. The highest BCUT2D eigenvalue weighted by Gasteiger charge is 2.16. The van der Waals surface area contributed by atoms with Crippen LogP contribution < -0.4 is 0 Å². The van der Waals surface area contributed by atoms with Crippen LogP contribution in [-0.4, -0.2) is 43.9 Å². The Morgan fingerprint density at radius 3 is 2.68 bits per heavy atom. The van der Waals surface area contributed by atoms with E-state index in [0.29, 0.717) is 6.54 Å². The van der Waals surface area contributed by atoms with Crippen molar-refractivity contribution in [3.8, 4) is 0 Å². The van der Waals surface area contributed by atoms with E-state index in [-0.39, 0.29) is 11.8 Å². The van der Waals surface area contributed by atoms with E-state index < -0.39 is 9.84 Å². The highest BCUT2D eigenvalue weighted by atomic mass is 32.2. The predicted octanol–water partition coefficient (Wildman–Crippen LogP) is 2.21. The maximum atomic E-state index is 11.2. The summed E-state index contributed by atoms with van der Waals surface area (Å²) in [5, 5.41) is 1.20. The first-order valence-corrected chi connectivity index (χ1v) is 8.38. The first-order chi connectivity index (χ1) is 8.88. The number of benzene rings is 1. The predicted molar refractivity (Wildman–Crippen MR) is 79.1 cm³/mol. The lowest BCUT2D eigenvalue weighted by Gasteiger charge is -2.24. The maximum absolute atomic E-state index is 11.2. The number of sulfone groups is 1. The number of rotatable bonds is 5. The van der Waals surface area contributed by atoms with Crippen molar-refractivity contribution in [2.75, 3.05) is 25.6 Å². The number of nitrogens with one attached hydrogen (secondary N) is 1. The van der Waals surface area contributed by atoms with Gasteiger partial charge in [0.2, 0.25) is 0 Å². The summed E-state index contributed by atoms with van der Waals surface area (Å²) in [5.41, 5.74) is 2.31. The van der Waals surface area contributed by atoms with Crippen LogP contribution in [0, 0.1) is 0 Å². The number of hydrogen-bond acceptors (Lipinski definition) is 3. The third-order valence-corrected chi connectivity index (χ3v) is 4.47. The highest BCUT2D eigenvalue weighted by Crippen LogP contribution is 2.26. The number of aromatic amines is 1. The molecular weight excluding hydrogens is 260 g/mol. The van der Waals surface area contributed by atoms with Crippen molar-refractivity contribution < 1.29 is 8.42 Å². The quantitative estimate of drug-likeness (QED) is 0.913. The van der Waals surface area contributed by atoms with E-state index >= 15 is 0 Å². The molecular formula is C14H20N2O2S. The minimum Gasteiger partial charge on any atom is -0.361 e. The first kappa shape index (κ1) is 14.1. The van der Waals surface area contributed by atoms with Crippen LogP contribution in [-0.2, 0) is 9.84 Å². The molecule has 1 unspecified atom stereocenters. The topological polar surface area (TPSA) is 53.2 Å². The SMILES string of the molecule is CC(c1c[nH]c2ccccc12)N(C)CCS(C)(=O)=O. The van der Waals surface area contributed by atoms with Gasteiger partial charge in [-0.3, -0.25) is 4.90 Å². The normalized spacial score (nSPS) is 14.1. The third-order valence-electron chi connectivity index (χ3n) is 3.55. The maximum Gasteiger partial charge on any atom is 0.148 e. The second-order valence-electron chi connectivity index (χ2n) is 5.08. The van der Waals surface area contributed by atoms with Gasteiger partial charge in [0.1, 0.15) is 9.84 Å². The molecule has 1 N–H and O–H groups in total. The summed E-state index contributed by atoms with van der Waals surface area (Å²) < 4.78 is 22.4. The van der Waals surface area contributed by atoms with Crippen LogP contribution in [0.15, 0.2) is 30.5 Å². The molecule has 1 atom stereocenters. The number of H-pyrrole nitrogens is 1. The zero-order valence-electron chi connectivity index (χ0n) is 11.6. The molecule has 5 heteroatoms. The summed E-state index contributed by atoms with van der Waals surface area (Å²) in [5.74, 6) is 0.191. The van der Waals surface area contributed by atoms with Crippen molar-refractivity contribution in [1.82, 2.24) is 9.88 Å². The summed E-state index contributed by atoms with van der Waals surface area (Å²) in [6, 6.07) is 8.33. The van der Waals surface area contributed by atoms with E-state index in [0.717, 1.165) is 5.52 Å². The van der Waals surface area contributed by atoms with Crippen molar-refractivity contribution in [3.05, 3.63) is 36.0 Å². The lowest BCUT2D eigenvalue weighted by Crippen LogP contribution is -2.27. The fourth-order valence-electron chi connectivity index (χ4n) is 2.18. The van der Waals surface area contributed by atoms with E-state index in [4.69, 9.17) is 0 Å². The van der Waals surface area contributed by atoms with Gasteiger partial charge in [-0.25, -0.2) is 8.42 Å². The van der Waals surface area contributed by atoms with Gasteiger partial charge in [0.25, 0.3) is 0 Å². The molecule has 0 amide bonds. The molecule has 0 radical (unpaired) electrons. The molecule has 0 saturated carbocycles. The summed E-state index contributed by atoms with van der Waals surface area (Å²) >= 11 is 0. The Balaban J connectivity index is 2.17. The molecule has 0 saturated heterocycles. The molecule has 0 fully saturated rings. The smallest absolute Gasteiger partial charge is 0.148 e. The van der Waals surface area contributed by atoms with Crippen LogP contribution in [0.2, 0.25) is 0 Å². The summed E-state index contributed by atoms with van der Waals surface area (Å²) in [4.78, 5) is 5.32. The van der Waals surface area contributed by atoms with Gasteiger partial charge in [0.05, 0.1) is 5.75 Å². The Kier molecular flexibility index (Phi) is 3.96. The van der Waals surface area contributed by atoms with Gasteiger partial charge in [0, 0.05) is 35.9 Å². The fourth-order valence-corrected chi connectivity index (χ4v) is 2.80. The fraction of sp³-hybridized carbons (Fsp3) is 0.429. The molecule has 4 nitrogen and oxygen atoms in total. The number of hydrogen-bond donors (Lipinski definition) is 1. The largest absolute Gasteiger partial charge is 0.361 e. The average Bonchev–Trinajstić information content (AvgIpc) is 2.78. The minimum absolute atomic E-state index is 0.179. The van der Waals surface area contributed by atoms with Crippen LogP contribution in [0.4, 0.5) is 0 Å². The Hall–Kier alpha value is -1.33. The molecule has 104 valence electrons. The van der Waals surface area contributed by atoms with Gasteiger partial charge in [-0.2, -0.15) is 0 Å². The number of nitrogens with zero attached hydrogens (tertiary/aromatic N) is 1. The zero-order chi connectivity index (χ0) is 14.0. The van der Waals surface area contributed by atoms with E-state index in [1.807, 2.05) is 31.4 Å². The molecule has 0 aliphatic carbocycles. The van der Waals surface area contributed by atoms with Gasteiger partial charge in [-0.05, 0) is 25.6 Å². The van der Waals surface area contributed by atoms with Gasteiger partial charge < -0.3 is 4.98 Å². The Morgan fingerprint density at radius 2 is 2.00 bits per heavy atom. The van der Waals surface area contributed by atoms with E-state index in [9.17, 15) is 8.42 Å². The molecule has 0 bridgehead atoms. The van der Waals surface area contributed by atoms with Gasteiger partial charge in [-0.1, -0.05) is 18.2 Å². The van der Waals surface area contributed by atoms with E-state index in [1.54, 1.807) is 0 Å². The van der Waals surface area contributed by atoms with Crippen molar-refractivity contribution >= 4 is 20.7 Å². The number of para-hydroxylation sites is 1. The van der Waals surface area contributed by atoms with Crippen LogP contribution in [0.5, 0.6) is 0 Å². The Labute approximate surface area is 114 Å². The van der Waals surface area contributed by atoms with Crippen LogP contribution in [0.1, 0.15) is 18.5 Å². The third kappa shape index (κ3) is 3.36. The highest BCUT2D eigenvalue weighted by molar-refractivity contribution is 7.90. The van der Waals surface area contributed by atoms with Crippen molar-refractivity contribution in [1.29, 1.82) is 0 Å². The lowest BCUT2D eigenvalue weighted by molar-refractivity contribution is 0.278. The van der Waals surface area contributed by atoms with Crippen molar-refractivity contribution in [3.63, 3.8) is 0 Å². The summed E-state index contributed by atoms with van der Waals surface area (Å²) in [6.07, 6.45) is 3.28. The van der Waals surface area contributed by atoms with Gasteiger partial charge in [-0.15, -0.1) is 0 Å². The van der Waals surface area contributed by atoms with Crippen molar-refractivity contribution in [2.45, 2.75) is 13.0 Å². The molecule has 2 aromatic rings. The lowest BCUT2D eigenvalue weighted by atomic mass is 10.1. The van der Waals surface area contributed by atoms with Crippen molar-refractivity contribution in [2.24, 2.45) is 0 Å². The molecule has 0 spiro atoms. The second-order valence-corrected chi connectivity index (χ2v) is 7.34. The number of aromatic nitrogens is 1. The molecule has 1 aromatic carbocycles. The van der Waals surface area contributed by atoms with Crippen LogP contribution >= 0.6 is 0 Å².